The Balaban J connectivity index is 1.56. The highest BCUT2D eigenvalue weighted by Gasteiger charge is 2.28. The minimum Gasteiger partial charge on any atom is -0.370 e. The van der Waals surface area contributed by atoms with Gasteiger partial charge in [0.25, 0.3) is 5.56 Å². The number of hydrogen-bond donors (Lipinski definition) is 0. The van der Waals surface area contributed by atoms with Gasteiger partial charge in [-0.2, -0.15) is 14.9 Å². The predicted molar refractivity (Wildman–Crippen MR) is 111 cm³/mol. The van der Waals surface area contributed by atoms with Crippen molar-refractivity contribution in [3.8, 4) is 5.69 Å². The van der Waals surface area contributed by atoms with Crippen LogP contribution in [-0.4, -0.2) is 46.2 Å². The molecule has 0 spiro atoms. The number of aromatic nitrogens is 4. The summed E-state index contributed by atoms with van der Waals surface area (Å²) in [7, 11) is 1.93. The van der Waals surface area contributed by atoms with E-state index in [1.165, 1.54) is 4.68 Å². The van der Waals surface area contributed by atoms with Crippen LogP contribution in [0.5, 0.6) is 0 Å². The maximum absolute atomic E-state index is 12.7. The smallest absolute Gasteiger partial charge is 0.292 e. The molecule has 0 saturated carbocycles. The first-order valence-corrected chi connectivity index (χ1v) is 9.61. The van der Waals surface area contributed by atoms with Crippen LogP contribution in [0.1, 0.15) is 12.8 Å². The zero-order chi connectivity index (χ0) is 19.5. The Morgan fingerprint density at radius 3 is 2.79 bits per heavy atom. The fourth-order valence-corrected chi connectivity index (χ4v) is 3.90. The van der Waals surface area contributed by atoms with Gasteiger partial charge in [-0.3, -0.25) is 4.79 Å². The molecule has 0 N–H and O–H groups in total. The van der Waals surface area contributed by atoms with Crippen LogP contribution in [0, 0.1) is 0 Å². The first-order valence-electron chi connectivity index (χ1n) is 9.24. The van der Waals surface area contributed by atoms with Gasteiger partial charge in [0.05, 0.1) is 17.6 Å². The number of likely N-dealkylation sites (N-methyl/N-ethyl adjacent to an activating group) is 1. The van der Waals surface area contributed by atoms with Gasteiger partial charge in [-0.15, -0.1) is 5.10 Å². The Kier molecular flexibility index (Phi) is 5.25. The van der Waals surface area contributed by atoms with Gasteiger partial charge >= 0.3 is 0 Å². The summed E-state index contributed by atoms with van der Waals surface area (Å²) in [5.41, 5.74) is 0.993. The highest BCUT2D eigenvalue weighted by Crippen LogP contribution is 2.26. The van der Waals surface area contributed by atoms with Crippen LogP contribution in [-0.2, 0) is 0 Å². The molecule has 1 aliphatic heterocycles. The lowest BCUT2D eigenvalue weighted by Gasteiger charge is -2.30. The van der Waals surface area contributed by atoms with E-state index in [4.69, 9.17) is 11.6 Å². The molecule has 0 radical (unpaired) electrons. The molecule has 144 valence electrons. The van der Waals surface area contributed by atoms with Crippen LogP contribution in [0.2, 0.25) is 5.02 Å². The first-order chi connectivity index (χ1) is 13.6. The molecule has 28 heavy (non-hydrogen) atoms. The van der Waals surface area contributed by atoms with Crippen molar-refractivity contribution in [3.05, 3.63) is 70.2 Å². The van der Waals surface area contributed by atoms with Crippen molar-refractivity contribution >= 4 is 23.1 Å². The van der Waals surface area contributed by atoms with Crippen LogP contribution in [0.15, 0.2) is 59.7 Å². The molecule has 3 aromatic rings. The van der Waals surface area contributed by atoms with E-state index in [2.05, 4.69) is 20.2 Å². The molecule has 4 rings (SSSR count). The third kappa shape index (κ3) is 3.57. The molecule has 3 heterocycles. The van der Waals surface area contributed by atoms with Gasteiger partial charge in [0.2, 0.25) is 0 Å². The zero-order valence-corrected chi connectivity index (χ0v) is 16.3. The maximum atomic E-state index is 12.7. The number of para-hydroxylation sites is 1. The molecule has 1 saturated heterocycles. The molecule has 1 aromatic carbocycles. The molecule has 7 nitrogen and oxygen atoms in total. The van der Waals surface area contributed by atoms with E-state index in [0.29, 0.717) is 17.9 Å². The van der Waals surface area contributed by atoms with Crippen molar-refractivity contribution < 1.29 is 0 Å². The average Bonchev–Trinajstić information content (AvgIpc) is 3.19. The maximum Gasteiger partial charge on any atom is 0.292 e. The van der Waals surface area contributed by atoms with Crippen molar-refractivity contribution in [1.29, 1.82) is 0 Å². The standard InChI is InChI=1S/C20H21ClN6O/c1-25(14-16-9-6-12-26(16)18-10-5-11-22-24-18)17-13-23-27(20(28)19(17)21)15-7-3-2-4-8-15/h2-5,7-8,10-11,13,16H,6,9,12,14H2,1H3. The van der Waals surface area contributed by atoms with Crippen LogP contribution in [0.3, 0.4) is 0 Å². The normalized spacial score (nSPS) is 16.4. The third-order valence-electron chi connectivity index (χ3n) is 5.03. The second kappa shape index (κ2) is 7.98. The molecule has 1 aliphatic rings. The third-order valence-corrected chi connectivity index (χ3v) is 5.38. The fourth-order valence-electron chi connectivity index (χ4n) is 3.63. The van der Waals surface area contributed by atoms with Crippen LogP contribution in [0.25, 0.3) is 5.69 Å². The zero-order valence-electron chi connectivity index (χ0n) is 15.6. The molecule has 1 unspecified atom stereocenters. The van der Waals surface area contributed by atoms with E-state index in [0.717, 1.165) is 25.2 Å². The predicted octanol–water partition coefficient (Wildman–Crippen LogP) is 2.78. The summed E-state index contributed by atoms with van der Waals surface area (Å²) >= 11 is 6.43. The van der Waals surface area contributed by atoms with Crippen LogP contribution in [0.4, 0.5) is 11.5 Å². The van der Waals surface area contributed by atoms with E-state index in [9.17, 15) is 4.79 Å². The summed E-state index contributed by atoms with van der Waals surface area (Å²) in [6.07, 6.45) is 5.47. The topological polar surface area (TPSA) is 67.2 Å². The average molecular weight is 397 g/mol. The number of benzene rings is 1. The van der Waals surface area contributed by atoms with Gasteiger partial charge in [0.15, 0.2) is 5.82 Å². The van der Waals surface area contributed by atoms with Gasteiger partial charge in [-0.1, -0.05) is 29.8 Å². The molecular formula is C20H21ClN6O. The second-order valence-corrected chi connectivity index (χ2v) is 7.23. The van der Waals surface area contributed by atoms with Crippen molar-refractivity contribution in [2.75, 3.05) is 29.9 Å². The summed E-state index contributed by atoms with van der Waals surface area (Å²) < 4.78 is 1.32. The number of anilines is 2. The molecular weight excluding hydrogens is 376 g/mol. The summed E-state index contributed by atoms with van der Waals surface area (Å²) in [5.74, 6) is 0.877. The molecule has 2 aromatic heterocycles. The number of nitrogens with zero attached hydrogens (tertiary/aromatic N) is 6. The molecule has 1 fully saturated rings. The van der Waals surface area contributed by atoms with Gasteiger partial charge in [-0.05, 0) is 37.1 Å². The van der Waals surface area contributed by atoms with E-state index in [-0.39, 0.29) is 16.6 Å². The quantitative estimate of drug-likeness (QED) is 0.660. The second-order valence-electron chi connectivity index (χ2n) is 6.85. The molecule has 1 atom stereocenters. The van der Waals surface area contributed by atoms with Gasteiger partial charge in [0, 0.05) is 32.4 Å². The molecule has 0 amide bonds. The van der Waals surface area contributed by atoms with Crippen LogP contribution >= 0.6 is 11.6 Å². The minimum absolute atomic E-state index is 0.172. The number of hydrogen-bond acceptors (Lipinski definition) is 6. The Labute approximate surface area is 168 Å². The lowest BCUT2D eigenvalue weighted by molar-refractivity contribution is 0.644. The SMILES string of the molecule is CN(CC1CCCN1c1cccnn1)c1cnn(-c2ccccc2)c(=O)c1Cl. The lowest BCUT2D eigenvalue weighted by atomic mass is 10.2. The number of halogens is 1. The van der Waals surface area contributed by atoms with Crippen molar-refractivity contribution in [3.63, 3.8) is 0 Å². The Morgan fingerprint density at radius 2 is 2.04 bits per heavy atom. The molecule has 0 aliphatic carbocycles. The Hall–Kier alpha value is -2.93. The Morgan fingerprint density at radius 1 is 1.21 bits per heavy atom. The van der Waals surface area contributed by atoms with E-state index in [1.807, 2.05) is 54.4 Å². The van der Waals surface area contributed by atoms with Crippen LogP contribution < -0.4 is 15.4 Å². The highest BCUT2D eigenvalue weighted by molar-refractivity contribution is 6.33. The highest BCUT2D eigenvalue weighted by atomic mass is 35.5. The van der Waals surface area contributed by atoms with Crippen molar-refractivity contribution in [2.24, 2.45) is 0 Å². The summed E-state index contributed by atoms with van der Waals surface area (Å²) in [6.45, 7) is 1.66. The first kappa shape index (κ1) is 18.4. The molecule has 8 heteroatoms. The van der Waals surface area contributed by atoms with Crippen molar-refractivity contribution in [1.82, 2.24) is 20.0 Å². The van der Waals surface area contributed by atoms with Crippen molar-refractivity contribution in [2.45, 2.75) is 18.9 Å². The lowest BCUT2D eigenvalue weighted by Crippen LogP contribution is -2.40. The monoisotopic (exact) mass is 396 g/mol. The largest absolute Gasteiger partial charge is 0.370 e. The Bertz CT molecular complexity index is 995. The van der Waals surface area contributed by atoms with Gasteiger partial charge in [0.1, 0.15) is 5.02 Å². The summed E-state index contributed by atoms with van der Waals surface area (Å²) in [4.78, 5) is 17.0. The summed E-state index contributed by atoms with van der Waals surface area (Å²) in [5, 5.41) is 12.7. The van der Waals surface area contributed by atoms with E-state index >= 15 is 0 Å². The fraction of sp³-hybridized carbons (Fsp3) is 0.300. The van der Waals surface area contributed by atoms with Gasteiger partial charge < -0.3 is 9.80 Å². The molecule has 0 bridgehead atoms. The summed E-state index contributed by atoms with van der Waals surface area (Å²) in [6, 6.07) is 13.4. The van der Waals surface area contributed by atoms with E-state index in [1.54, 1.807) is 12.4 Å². The van der Waals surface area contributed by atoms with E-state index < -0.39 is 0 Å². The minimum atomic E-state index is -0.325. The number of rotatable bonds is 5. The van der Waals surface area contributed by atoms with Gasteiger partial charge in [-0.25, -0.2) is 0 Å².